The normalized spacial score (nSPS) is 18.0. The van der Waals surface area contributed by atoms with Crippen LogP contribution in [0.25, 0.3) is 10.6 Å². The predicted octanol–water partition coefficient (Wildman–Crippen LogP) is 5.06. The fourth-order valence-electron chi connectivity index (χ4n) is 5.06. The quantitative estimate of drug-likeness (QED) is 0.216. The highest BCUT2D eigenvalue weighted by atomic mass is 32.2. The highest BCUT2D eigenvalue weighted by Gasteiger charge is 2.54. The molecule has 2 aliphatic rings. The predicted molar refractivity (Wildman–Crippen MR) is 161 cm³/mol. The van der Waals surface area contributed by atoms with Gasteiger partial charge in [-0.2, -0.15) is 0 Å². The number of carbonyl (C=O) groups is 3. The number of nitrogens with zero attached hydrogens (tertiary/aromatic N) is 2. The van der Waals surface area contributed by atoms with Crippen LogP contribution in [0.15, 0.2) is 102 Å². The van der Waals surface area contributed by atoms with E-state index in [1.165, 1.54) is 28.0 Å². The fraction of sp³-hybridized carbons (Fsp3) is 0.188. The third kappa shape index (κ3) is 5.43. The summed E-state index contributed by atoms with van der Waals surface area (Å²) in [5, 5.41) is 14.9. The maximum Gasteiger partial charge on any atom is 0.356 e. The molecule has 0 saturated carbocycles. The van der Waals surface area contributed by atoms with Crippen LogP contribution in [-0.2, 0) is 25.5 Å². The van der Waals surface area contributed by atoms with Gasteiger partial charge in [0.25, 0.3) is 5.91 Å². The third-order valence-electron chi connectivity index (χ3n) is 7.13. The van der Waals surface area contributed by atoms with Gasteiger partial charge in [0, 0.05) is 11.1 Å². The number of phenols is 1. The summed E-state index contributed by atoms with van der Waals surface area (Å²) in [4.78, 5) is 45.8. The minimum absolute atomic E-state index is 0.00907. The van der Waals surface area contributed by atoms with Crippen LogP contribution in [-0.4, -0.2) is 49.9 Å². The van der Waals surface area contributed by atoms with Crippen molar-refractivity contribution in [2.45, 2.75) is 30.9 Å². The van der Waals surface area contributed by atoms with Crippen LogP contribution in [0.3, 0.4) is 0 Å². The summed E-state index contributed by atoms with van der Waals surface area (Å²) in [6.07, 6.45) is -0.647. The highest BCUT2D eigenvalue weighted by Crippen LogP contribution is 2.41. The van der Waals surface area contributed by atoms with Crippen molar-refractivity contribution in [1.82, 2.24) is 15.2 Å². The number of aromatic nitrogens is 1. The zero-order chi connectivity index (χ0) is 29.2. The van der Waals surface area contributed by atoms with E-state index in [0.717, 1.165) is 16.7 Å². The van der Waals surface area contributed by atoms with Gasteiger partial charge in [0.1, 0.15) is 27.9 Å². The van der Waals surface area contributed by atoms with Crippen LogP contribution >= 0.6 is 23.1 Å². The van der Waals surface area contributed by atoms with E-state index >= 15 is 0 Å². The van der Waals surface area contributed by atoms with Crippen LogP contribution < -0.4 is 5.32 Å². The molecule has 0 radical (unpaired) electrons. The van der Waals surface area contributed by atoms with Gasteiger partial charge >= 0.3 is 5.97 Å². The summed E-state index contributed by atoms with van der Waals surface area (Å²) in [5.74, 6) is -0.619. The van der Waals surface area contributed by atoms with Crippen molar-refractivity contribution in [3.8, 4) is 16.3 Å². The van der Waals surface area contributed by atoms with E-state index in [4.69, 9.17) is 4.74 Å². The number of amides is 2. The molecule has 0 unspecified atom stereocenters. The van der Waals surface area contributed by atoms with E-state index in [9.17, 15) is 19.5 Å². The molecule has 2 atom stereocenters. The number of benzene rings is 3. The minimum Gasteiger partial charge on any atom is -0.507 e. The molecule has 212 valence electrons. The molecule has 1 aromatic heterocycles. The van der Waals surface area contributed by atoms with E-state index in [1.807, 2.05) is 73.7 Å². The summed E-state index contributed by atoms with van der Waals surface area (Å²) < 4.78 is 6.06. The molecule has 8 nitrogen and oxygen atoms in total. The number of carbonyl (C=O) groups excluding carboxylic acids is 3. The number of ether oxygens (including phenoxy) is 1. The van der Waals surface area contributed by atoms with E-state index in [1.54, 1.807) is 23.6 Å². The molecule has 2 amide bonds. The van der Waals surface area contributed by atoms with Gasteiger partial charge in [0.2, 0.25) is 5.91 Å². The molecule has 3 heterocycles. The lowest BCUT2D eigenvalue weighted by Gasteiger charge is -2.49. The summed E-state index contributed by atoms with van der Waals surface area (Å²) >= 11 is 2.83. The molecule has 0 bridgehead atoms. The van der Waals surface area contributed by atoms with Crippen LogP contribution in [0, 0.1) is 0 Å². The molecule has 4 aromatic rings. The maximum atomic E-state index is 13.6. The van der Waals surface area contributed by atoms with Crippen molar-refractivity contribution in [2.24, 2.45) is 0 Å². The Balaban J connectivity index is 1.14. The first-order chi connectivity index (χ1) is 20.4. The lowest BCUT2D eigenvalue weighted by Crippen LogP contribution is -2.70. The van der Waals surface area contributed by atoms with Gasteiger partial charge in [-0.15, -0.1) is 23.1 Å². The SMILES string of the molecule is CC1=C(C(=O)OC(c2ccccc2)c2ccccc2)N2C(=O)[C@@H](NC(=O)Cc3csc(-c4ccccc4O)n3)[C@H]2SC1. The van der Waals surface area contributed by atoms with Gasteiger partial charge in [-0.1, -0.05) is 72.8 Å². The lowest BCUT2D eigenvalue weighted by molar-refractivity contribution is -0.154. The summed E-state index contributed by atoms with van der Waals surface area (Å²) in [6.45, 7) is 1.82. The lowest BCUT2D eigenvalue weighted by atomic mass is 10.0. The first kappa shape index (κ1) is 27.7. The zero-order valence-electron chi connectivity index (χ0n) is 22.6. The number of aromatic hydroxyl groups is 1. The van der Waals surface area contributed by atoms with E-state index in [2.05, 4.69) is 10.3 Å². The zero-order valence-corrected chi connectivity index (χ0v) is 24.2. The number of thioether (sulfide) groups is 1. The fourth-order valence-corrected chi connectivity index (χ4v) is 7.21. The Hall–Kier alpha value is -4.41. The van der Waals surface area contributed by atoms with Gasteiger partial charge in [0.05, 0.1) is 17.7 Å². The number of phenolic OH excluding ortho intramolecular Hbond substituents is 1. The molecular weight excluding hydrogens is 571 g/mol. The molecule has 6 rings (SSSR count). The number of β-lactam (4-membered cyclic amide) rings is 1. The number of rotatable bonds is 8. The van der Waals surface area contributed by atoms with Crippen molar-refractivity contribution in [2.75, 3.05) is 5.75 Å². The molecule has 3 aromatic carbocycles. The molecule has 0 aliphatic carbocycles. The van der Waals surface area contributed by atoms with Crippen molar-refractivity contribution in [3.05, 3.63) is 118 Å². The van der Waals surface area contributed by atoms with Crippen LogP contribution in [0.2, 0.25) is 0 Å². The van der Waals surface area contributed by atoms with Crippen LogP contribution in [0.4, 0.5) is 0 Å². The topological polar surface area (TPSA) is 109 Å². The molecule has 1 saturated heterocycles. The van der Waals surface area contributed by atoms with Crippen molar-refractivity contribution in [3.63, 3.8) is 0 Å². The van der Waals surface area contributed by atoms with Gasteiger partial charge < -0.3 is 15.2 Å². The molecule has 2 N–H and O–H groups in total. The van der Waals surface area contributed by atoms with Gasteiger partial charge in [0.15, 0.2) is 6.10 Å². The number of esters is 1. The van der Waals surface area contributed by atoms with Crippen molar-refractivity contribution in [1.29, 1.82) is 0 Å². The Labute approximate surface area is 251 Å². The second kappa shape index (κ2) is 11.8. The van der Waals surface area contributed by atoms with Crippen molar-refractivity contribution >= 4 is 40.9 Å². The van der Waals surface area contributed by atoms with Crippen LogP contribution in [0.5, 0.6) is 5.75 Å². The van der Waals surface area contributed by atoms with E-state index in [0.29, 0.717) is 22.0 Å². The summed E-state index contributed by atoms with van der Waals surface area (Å²) in [7, 11) is 0. The Bertz CT molecular complexity index is 1630. The number of nitrogens with one attached hydrogen (secondary N) is 1. The smallest absolute Gasteiger partial charge is 0.356 e. The Morgan fingerprint density at radius 2 is 1.67 bits per heavy atom. The molecule has 10 heteroatoms. The Kier molecular flexibility index (Phi) is 7.82. The molecule has 42 heavy (non-hydrogen) atoms. The largest absolute Gasteiger partial charge is 0.507 e. The molecular formula is C32H27N3O5S2. The molecule has 2 aliphatic heterocycles. The van der Waals surface area contributed by atoms with Gasteiger partial charge in [-0.3, -0.25) is 14.5 Å². The third-order valence-corrected chi connectivity index (χ3v) is 9.47. The monoisotopic (exact) mass is 597 g/mol. The second-order valence-corrected chi connectivity index (χ2v) is 12.0. The Morgan fingerprint density at radius 1 is 1.02 bits per heavy atom. The average molecular weight is 598 g/mol. The number of para-hydroxylation sites is 1. The van der Waals surface area contributed by atoms with Gasteiger partial charge in [-0.25, -0.2) is 9.78 Å². The first-order valence-electron chi connectivity index (χ1n) is 13.4. The number of fused-ring (bicyclic) bond motifs is 1. The van der Waals surface area contributed by atoms with E-state index in [-0.39, 0.29) is 29.7 Å². The Morgan fingerprint density at radius 3 is 2.33 bits per heavy atom. The maximum absolute atomic E-state index is 13.6. The second-order valence-electron chi connectivity index (χ2n) is 10.0. The number of hydrogen-bond donors (Lipinski definition) is 2. The first-order valence-corrected chi connectivity index (χ1v) is 15.3. The van der Waals surface area contributed by atoms with Gasteiger partial charge in [-0.05, 0) is 35.8 Å². The molecule has 1 fully saturated rings. The number of hydrogen-bond acceptors (Lipinski definition) is 8. The summed E-state index contributed by atoms with van der Waals surface area (Å²) in [6, 6.07) is 25.1. The number of thiazole rings is 1. The highest BCUT2D eigenvalue weighted by molar-refractivity contribution is 8.00. The average Bonchev–Trinajstić information content (AvgIpc) is 3.47. The standard InChI is InChI=1S/C32H27N3O5S2/c1-19-17-42-31-26(34-25(37)16-22-18-41-29(33-22)23-14-8-9-15-24(23)36)30(38)35(31)27(19)32(39)40-28(20-10-4-2-5-11-20)21-12-6-3-7-13-21/h2-15,18,26,28,31,36H,16-17H2,1H3,(H,34,37)/t26-,31-/m1/s1. The van der Waals surface area contributed by atoms with Crippen LogP contribution in [0.1, 0.15) is 29.8 Å². The summed E-state index contributed by atoms with van der Waals surface area (Å²) in [5.41, 5.74) is 3.77. The molecule has 0 spiro atoms. The van der Waals surface area contributed by atoms with E-state index < -0.39 is 23.5 Å². The minimum atomic E-state index is -0.756. The van der Waals surface area contributed by atoms with Crippen molar-refractivity contribution < 1.29 is 24.2 Å².